The fourth-order valence-electron chi connectivity index (χ4n) is 6.54. The van der Waals surface area contributed by atoms with Crippen LogP contribution >= 0.6 is 11.3 Å². The van der Waals surface area contributed by atoms with Crippen molar-refractivity contribution in [3.8, 4) is 23.8 Å². The Morgan fingerprint density at radius 1 is 0.512 bits per heavy atom. The number of pyridine rings is 1. The number of nitrogens with zero attached hydrogens (tertiary/aromatic N) is 5. The van der Waals surface area contributed by atoms with Crippen molar-refractivity contribution in [2.75, 3.05) is 0 Å². The van der Waals surface area contributed by atoms with Crippen LogP contribution in [0, 0.1) is 22.7 Å². The average molecular weight is 566 g/mol. The zero-order valence-electron chi connectivity index (χ0n) is 22.6. The van der Waals surface area contributed by atoms with Crippen molar-refractivity contribution >= 4 is 75.1 Å². The second kappa shape index (κ2) is 8.77. The van der Waals surface area contributed by atoms with Crippen LogP contribution in [0.25, 0.3) is 75.4 Å². The number of hydrogen-bond donors (Lipinski definition) is 0. The van der Waals surface area contributed by atoms with Gasteiger partial charge in [0.25, 0.3) is 0 Å². The minimum absolute atomic E-state index is 0.577. The van der Waals surface area contributed by atoms with Gasteiger partial charge in [0, 0.05) is 37.0 Å². The van der Waals surface area contributed by atoms with E-state index in [0.717, 1.165) is 44.5 Å². The Kier molecular flexibility index (Phi) is 4.84. The van der Waals surface area contributed by atoms with Crippen LogP contribution in [-0.2, 0) is 0 Å². The fraction of sp³-hybridized carbons (Fsp3) is 0. The number of thiophene rings is 1. The van der Waals surface area contributed by atoms with Gasteiger partial charge >= 0.3 is 0 Å². The molecule has 0 aliphatic carbocycles. The molecule has 0 saturated heterocycles. The Bertz CT molecular complexity index is 2640. The summed E-state index contributed by atoms with van der Waals surface area (Å²) in [6, 6.07) is 43.6. The van der Waals surface area contributed by atoms with E-state index in [1.807, 2.05) is 59.9 Å². The third-order valence-corrected chi connectivity index (χ3v) is 9.57. The van der Waals surface area contributed by atoms with E-state index in [1.165, 1.54) is 30.9 Å². The summed E-state index contributed by atoms with van der Waals surface area (Å²) < 4.78 is 6.93. The maximum Gasteiger partial charge on any atom is 0.140 e. The molecule has 6 heteroatoms. The molecular weight excluding hydrogens is 547 g/mol. The normalized spacial score (nSPS) is 11.7. The SMILES string of the molecule is N#Cc1ccc2c(c1)c1cc(C#N)ccc1n2-c1cccc(-n2c3ccccc3c3ccc4c5ccccc5sc4c32)n1. The predicted octanol–water partition coefficient (Wildman–Crippen LogP) is 9.39. The van der Waals surface area contributed by atoms with Gasteiger partial charge in [0.05, 0.1) is 50.0 Å². The number of para-hydroxylation sites is 1. The molecule has 0 saturated carbocycles. The van der Waals surface area contributed by atoms with Crippen LogP contribution in [0.5, 0.6) is 0 Å². The summed E-state index contributed by atoms with van der Waals surface area (Å²) in [5.74, 6) is 1.59. The topological polar surface area (TPSA) is 70.3 Å². The Labute approximate surface area is 249 Å². The van der Waals surface area contributed by atoms with Crippen molar-refractivity contribution in [1.29, 1.82) is 10.5 Å². The third-order valence-electron chi connectivity index (χ3n) is 8.38. The summed E-state index contributed by atoms with van der Waals surface area (Å²) in [5.41, 5.74) is 5.28. The highest BCUT2D eigenvalue weighted by atomic mass is 32.1. The average Bonchev–Trinajstić information content (AvgIpc) is 3.72. The Hall–Kier alpha value is -5.95. The van der Waals surface area contributed by atoms with Crippen LogP contribution in [0.1, 0.15) is 11.1 Å². The molecule has 0 atom stereocenters. The molecule has 0 spiro atoms. The zero-order valence-corrected chi connectivity index (χ0v) is 23.4. The molecule has 0 N–H and O–H groups in total. The van der Waals surface area contributed by atoms with Gasteiger partial charge < -0.3 is 0 Å². The lowest BCUT2D eigenvalue weighted by molar-refractivity contribution is 1.02. The van der Waals surface area contributed by atoms with Gasteiger partial charge in [-0.05, 0) is 60.7 Å². The molecule has 43 heavy (non-hydrogen) atoms. The largest absolute Gasteiger partial charge is 0.294 e. The summed E-state index contributed by atoms with van der Waals surface area (Å²) in [4.78, 5) is 5.30. The smallest absolute Gasteiger partial charge is 0.140 e. The van der Waals surface area contributed by atoms with Crippen molar-refractivity contribution < 1.29 is 0 Å². The van der Waals surface area contributed by atoms with Crippen molar-refractivity contribution in [2.45, 2.75) is 0 Å². The Morgan fingerprint density at radius 3 is 1.84 bits per heavy atom. The van der Waals surface area contributed by atoms with Crippen LogP contribution in [0.15, 0.2) is 115 Å². The minimum Gasteiger partial charge on any atom is -0.294 e. The molecule has 9 rings (SSSR count). The maximum atomic E-state index is 9.61. The lowest BCUT2D eigenvalue weighted by Crippen LogP contribution is -2.03. The van der Waals surface area contributed by atoms with Gasteiger partial charge in [-0.2, -0.15) is 10.5 Å². The molecule has 4 heterocycles. The van der Waals surface area contributed by atoms with E-state index in [1.54, 1.807) is 0 Å². The number of nitriles is 2. The molecule has 0 amide bonds. The van der Waals surface area contributed by atoms with Gasteiger partial charge in [0.2, 0.25) is 0 Å². The lowest BCUT2D eigenvalue weighted by Gasteiger charge is -2.12. The van der Waals surface area contributed by atoms with Crippen LogP contribution in [-0.4, -0.2) is 14.1 Å². The molecule has 4 aromatic heterocycles. The second-order valence-corrected chi connectivity index (χ2v) is 11.7. The highest BCUT2D eigenvalue weighted by Gasteiger charge is 2.20. The number of benzene rings is 5. The van der Waals surface area contributed by atoms with Gasteiger partial charge in [0.15, 0.2) is 0 Å². The molecule has 5 aromatic carbocycles. The molecule has 5 nitrogen and oxygen atoms in total. The van der Waals surface area contributed by atoms with Crippen LogP contribution < -0.4 is 0 Å². The maximum absolute atomic E-state index is 9.61. The molecule has 0 radical (unpaired) electrons. The highest BCUT2D eigenvalue weighted by molar-refractivity contribution is 7.26. The van der Waals surface area contributed by atoms with Gasteiger partial charge in [0.1, 0.15) is 11.6 Å². The number of aromatic nitrogens is 3. The van der Waals surface area contributed by atoms with Gasteiger partial charge in [-0.3, -0.25) is 9.13 Å². The zero-order chi connectivity index (χ0) is 28.7. The Morgan fingerprint density at radius 2 is 1.12 bits per heavy atom. The first-order valence-corrected chi connectivity index (χ1v) is 14.7. The summed E-state index contributed by atoms with van der Waals surface area (Å²) in [5, 5.41) is 26.0. The van der Waals surface area contributed by atoms with Crippen LogP contribution in [0.4, 0.5) is 0 Å². The summed E-state index contributed by atoms with van der Waals surface area (Å²) in [7, 11) is 0. The number of rotatable bonds is 2. The van der Waals surface area contributed by atoms with E-state index in [9.17, 15) is 10.5 Å². The van der Waals surface area contributed by atoms with E-state index in [-0.39, 0.29) is 0 Å². The van der Waals surface area contributed by atoms with E-state index >= 15 is 0 Å². The first-order valence-electron chi connectivity index (χ1n) is 13.9. The summed E-state index contributed by atoms with van der Waals surface area (Å²) in [6.45, 7) is 0. The van der Waals surface area contributed by atoms with Crippen molar-refractivity contribution in [3.63, 3.8) is 0 Å². The molecular formula is C37H19N5S. The molecule has 0 aliphatic rings. The van der Waals surface area contributed by atoms with E-state index in [4.69, 9.17) is 4.98 Å². The Balaban J connectivity index is 1.38. The third kappa shape index (κ3) is 3.27. The molecule has 9 aromatic rings. The lowest BCUT2D eigenvalue weighted by atomic mass is 10.1. The first-order chi connectivity index (χ1) is 21.2. The predicted molar refractivity (Wildman–Crippen MR) is 175 cm³/mol. The van der Waals surface area contributed by atoms with Crippen molar-refractivity contribution in [3.05, 3.63) is 126 Å². The number of fused-ring (bicyclic) bond motifs is 10. The second-order valence-electron chi connectivity index (χ2n) is 10.7. The quantitative estimate of drug-likeness (QED) is 0.210. The fourth-order valence-corrected chi connectivity index (χ4v) is 7.78. The van der Waals surface area contributed by atoms with Crippen LogP contribution in [0.3, 0.4) is 0 Å². The van der Waals surface area contributed by atoms with Crippen molar-refractivity contribution in [1.82, 2.24) is 14.1 Å². The van der Waals surface area contributed by atoms with Gasteiger partial charge in [-0.15, -0.1) is 11.3 Å². The van der Waals surface area contributed by atoms with Crippen LogP contribution in [0.2, 0.25) is 0 Å². The molecule has 0 bridgehead atoms. The van der Waals surface area contributed by atoms with E-state index < -0.39 is 0 Å². The van der Waals surface area contributed by atoms with Gasteiger partial charge in [-0.1, -0.05) is 54.6 Å². The standard InChI is InChI=1S/C37H19N5S/c38-20-22-12-16-31-28(18-22)29-19-23(21-39)13-17-32(29)41(31)34-10-5-11-35(40-34)42-30-8-3-1-6-24(30)26-14-15-27-25-7-2-4-9-33(25)43-37(27)36(26)42/h1-19H. The van der Waals surface area contributed by atoms with E-state index in [0.29, 0.717) is 11.1 Å². The van der Waals surface area contributed by atoms with E-state index in [2.05, 4.69) is 88.0 Å². The highest BCUT2D eigenvalue weighted by Crippen LogP contribution is 2.43. The van der Waals surface area contributed by atoms with Gasteiger partial charge in [-0.25, -0.2) is 4.98 Å². The summed E-state index contributed by atoms with van der Waals surface area (Å²) >= 11 is 1.82. The summed E-state index contributed by atoms with van der Waals surface area (Å²) in [6.07, 6.45) is 0. The molecule has 0 aliphatic heterocycles. The van der Waals surface area contributed by atoms with Crippen molar-refractivity contribution in [2.24, 2.45) is 0 Å². The number of hydrogen-bond acceptors (Lipinski definition) is 4. The minimum atomic E-state index is 0.577. The molecule has 0 fully saturated rings. The molecule has 0 unspecified atom stereocenters. The monoisotopic (exact) mass is 565 g/mol. The first kappa shape index (κ1) is 23.7. The molecule has 198 valence electrons.